The van der Waals surface area contributed by atoms with Gasteiger partial charge >= 0.3 is 75.9 Å². The summed E-state index contributed by atoms with van der Waals surface area (Å²) in [5.74, 6) is -9.61. The monoisotopic (exact) mass is 626 g/mol. The van der Waals surface area contributed by atoms with Crippen LogP contribution in [-0.2, 0) is 21.1 Å². The van der Waals surface area contributed by atoms with Crippen LogP contribution in [0.5, 0.6) is 0 Å². The number of hydrogen-bond acceptors (Lipinski definition) is 0. The molecule has 0 N–H and O–H groups in total. The van der Waals surface area contributed by atoms with Crippen LogP contribution in [0.3, 0.4) is 0 Å². The molecule has 0 aliphatic heterocycles. The first kappa shape index (κ1) is 23.4. The summed E-state index contributed by atoms with van der Waals surface area (Å²) in [6.45, 7) is 0. The van der Waals surface area contributed by atoms with Crippen LogP contribution >= 0.6 is 7.92 Å². The maximum atomic E-state index is 12.4. The minimum atomic E-state index is -2.14. The maximum Gasteiger partial charge on any atom is -0.0134 e. The fourth-order valence-corrected chi connectivity index (χ4v) is 5.52. The van der Waals surface area contributed by atoms with Gasteiger partial charge in [-0.1, -0.05) is 91.0 Å². The van der Waals surface area contributed by atoms with Gasteiger partial charge in [0.2, 0.25) is 0 Å². The number of benzene rings is 4. The van der Waals surface area contributed by atoms with Crippen LogP contribution in [0.2, 0.25) is 0 Å². The Labute approximate surface area is 190 Å². The van der Waals surface area contributed by atoms with Gasteiger partial charge in [-0.3, -0.25) is 0 Å². The SMILES string of the molecule is Fc1c(F)c(F)[c]([Au])c(F)c1F.c1ccc(P(c2ccccc2)c2ccccc2)cc1. The van der Waals surface area contributed by atoms with Crippen LogP contribution in [0.1, 0.15) is 0 Å². The quantitative estimate of drug-likeness (QED) is 0.0989. The Kier molecular flexibility index (Phi) is 8.16. The molecule has 0 aliphatic rings. The van der Waals surface area contributed by atoms with Crippen molar-refractivity contribution in [3.63, 3.8) is 0 Å². The standard InChI is InChI=1S/C18H15P.C6F5.Au/c1-4-10-16(11-5-1)19(17-12-6-2-7-13-17)18-14-8-3-9-15-18;7-2-1-3(8)5(10)6(11)4(2)9;/h1-15H;;. The van der Waals surface area contributed by atoms with Gasteiger partial charge in [0.15, 0.2) is 0 Å². The molecule has 31 heavy (non-hydrogen) atoms. The Hall–Kier alpha value is -2.30. The average molecular weight is 626 g/mol. The second-order valence-electron chi connectivity index (χ2n) is 6.19. The summed E-state index contributed by atoms with van der Waals surface area (Å²) in [6.07, 6.45) is 0. The molecule has 0 unspecified atom stereocenters. The van der Waals surface area contributed by atoms with E-state index >= 15 is 0 Å². The zero-order chi connectivity index (χ0) is 22.4. The van der Waals surface area contributed by atoms with Crippen LogP contribution < -0.4 is 19.7 Å². The van der Waals surface area contributed by atoms with Crippen molar-refractivity contribution in [2.75, 3.05) is 0 Å². The molecule has 0 heterocycles. The van der Waals surface area contributed by atoms with Gasteiger partial charge in [-0.05, 0) is 23.8 Å². The molecular weight excluding hydrogens is 611 g/mol. The van der Waals surface area contributed by atoms with Gasteiger partial charge in [-0.15, -0.1) is 0 Å². The number of hydrogen-bond donors (Lipinski definition) is 0. The van der Waals surface area contributed by atoms with Gasteiger partial charge in [0.05, 0.1) is 0 Å². The molecule has 162 valence electrons. The summed E-state index contributed by atoms with van der Waals surface area (Å²) < 4.78 is 60.6. The molecule has 0 nitrogen and oxygen atoms in total. The first-order chi connectivity index (χ1) is 14.9. The van der Waals surface area contributed by atoms with Crippen molar-refractivity contribution in [2.45, 2.75) is 0 Å². The van der Waals surface area contributed by atoms with Crippen molar-refractivity contribution >= 4 is 27.6 Å². The number of halogens is 5. The molecule has 0 spiro atoms. The first-order valence-corrected chi connectivity index (χ1v) is 11.4. The molecule has 0 fully saturated rings. The van der Waals surface area contributed by atoms with Crippen LogP contribution in [-0.4, -0.2) is 0 Å². The normalized spacial score (nSPS) is 10.6. The van der Waals surface area contributed by atoms with Gasteiger partial charge in [0, 0.05) is 0 Å². The topological polar surface area (TPSA) is 0 Å². The summed E-state index contributed by atoms with van der Waals surface area (Å²) in [4.78, 5) is 0. The predicted molar refractivity (Wildman–Crippen MR) is 111 cm³/mol. The summed E-state index contributed by atoms with van der Waals surface area (Å²) in [7, 11) is -0.446. The van der Waals surface area contributed by atoms with Crippen molar-refractivity contribution in [1.29, 1.82) is 0 Å². The average Bonchev–Trinajstić information content (AvgIpc) is 2.83. The third-order valence-corrected chi connectivity index (χ3v) is 7.56. The van der Waals surface area contributed by atoms with Crippen molar-refractivity contribution in [1.82, 2.24) is 0 Å². The second kappa shape index (κ2) is 10.8. The summed E-state index contributed by atoms with van der Waals surface area (Å²) in [5, 5.41) is 4.19. The summed E-state index contributed by atoms with van der Waals surface area (Å²) in [6, 6.07) is 32.3. The van der Waals surface area contributed by atoms with E-state index in [9.17, 15) is 22.0 Å². The van der Waals surface area contributed by atoms with Crippen molar-refractivity contribution in [3.8, 4) is 0 Å². The second-order valence-corrected chi connectivity index (χ2v) is 9.49. The van der Waals surface area contributed by atoms with Gasteiger partial charge in [-0.2, -0.15) is 0 Å². The van der Waals surface area contributed by atoms with E-state index in [4.69, 9.17) is 0 Å². The van der Waals surface area contributed by atoms with Crippen LogP contribution in [0.15, 0.2) is 91.0 Å². The van der Waals surface area contributed by atoms with Gasteiger partial charge < -0.3 is 0 Å². The molecule has 0 amide bonds. The molecule has 0 saturated carbocycles. The molecule has 0 aliphatic carbocycles. The molecule has 0 aromatic heterocycles. The van der Waals surface area contributed by atoms with Crippen LogP contribution in [0.4, 0.5) is 22.0 Å². The largest absolute Gasteiger partial charge is 0.0622 e. The van der Waals surface area contributed by atoms with Gasteiger partial charge in [-0.25, -0.2) is 0 Å². The van der Waals surface area contributed by atoms with Crippen LogP contribution in [0.25, 0.3) is 0 Å². The summed E-state index contributed by atoms with van der Waals surface area (Å²) in [5.41, 5.74) is 0. The molecular formula is C24H15AuF5P. The summed E-state index contributed by atoms with van der Waals surface area (Å²) >= 11 is 1.23. The fourth-order valence-electron chi connectivity index (χ4n) is 2.74. The molecule has 7 heteroatoms. The van der Waals surface area contributed by atoms with Gasteiger partial charge in [0.25, 0.3) is 0 Å². The van der Waals surface area contributed by atoms with Gasteiger partial charge in [0.1, 0.15) is 0 Å². The van der Waals surface area contributed by atoms with E-state index in [0.29, 0.717) is 0 Å². The van der Waals surface area contributed by atoms with E-state index in [1.807, 2.05) is 0 Å². The van der Waals surface area contributed by atoms with E-state index in [-0.39, 0.29) is 0 Å². The van der Waals surface area contributed by atoms with E-state index in [2.05, 4.69) is 91.0 Å². The van der Waals surface area contributed by atoms with E-state index in [1.54, 1.807) is 0 Å². The van der Waals surface area contributed by atoms with E-state index in [1.165, 1.54) is 37.0 Å². The minimum Gasteiger partial charge on any atom is -0.0622 e. The Morgan fingerprint density at radius 3 is 0.968 bits per heavy atom. The minimum absolute atomic E-state index is 0.446. The maximum absolute atomic E-state index is 12.4. The van der Waals surface area contributed by atoms with Crippen LogP contribution in [0, 0.1) is 29.1 Å². The Morgan fingerprint density at radius 1 is 0.419 bits per heavy atom. The van der Waals surface area contributed by atoms with Crippen molar-refractivity contribution < 1.29 is 43.0 Å². The molecule has 0 saturated heterocycles. The number of rotatable bonds is 3. The molecule has 0 bridgehead atoms. The fraction of sp³-hybridized carbons (Fsp3) is 0. The Balaban J connectivity index is 0.000000196. The van der Waals surface area contributed by atoms with E-state index < -0.39 is 40.8 Å². The van der Waals surface area contributed by atoms with Crippen molar-refractivity contribution in [2.24, 2.45) is 0 Å². The Morgan fingerprint density at radius 2 is 0.677 bits per heavy atom. The molecule has 4 rings (SSSR count). The molecule has 0 radical (unpaired) electrons. The smallest absolute Gasteiger partial charge is 0.0134 e. The zero-order valence-electron chi connectivity index (χ0n) is 15.8. The van der Waals surface area contributed by atoms with E-state index in [0.717, 1.165) is 0 Å². The third-order valence-electron chi connectivity index (χ3n) is 4.17. The molecule has 0 atom stereocenters. The molecule has 4 aromatic rings. The Bertz CT molecular complexity index is 940. The predicted octanol–water partition coefficient (Wildman–Crippen LogP) is 5.00. The third kappa shape index (κ3) is 5.50. The van der Waals surface area contributed by atoms with Crippen molar-refractivity contribution in [3.05, 3.63) is 120 Å². The molecule has 4 aromatic carbocycles. The first-order valence-electron chi connectivity index (χ1n) is 9.00. The zero-order valence-corrected chi connectivity index (χ0v) is 18.9.